The smallest absolute Gasteiger partial charge is 0.251 e. The number of hydrogen-bond acceptors (Lipinski definition) is 4. The van der Waals surface area contributed by atoms with Crippen LogP contribution in [0.25, 0.3) is 0 Å². The summed E-state index contributed by atoms with van der Waals surface area (Å²) in [5.74, 6) is 0.483. The minimum absolute atomic E-state index is 0.144. The number of aromatic nitrogens is 2. The zero-order valence-electron chi connectivity index (χ0n) is 13.7. The molecule has 0 radical (unpaired) electrons. The number of halogens is 1. The fraction of sp³-hybridized carbons (Fsp3) is 0.105. The Kier molecular flexibility index (Phi) is 5.40. The number of carbonyl (C=O) groups excluding carboxylic acids is 1. The van der Waals surface area contributed by atoms with Gasteiger partial charge >= 0.3 is 0 Å². The number of carbonyl (C=O) groups is 1. The summed E-state index contributed by atoms with van der Waals surface area (Å²) < 4.78 is 1.02. The number of aryl methyl sites for hydroxylation is 1. The molecule has 1 amide bonds. The van der Waals surface area contributed by atoms with Crippen molar-refractivity contribution >= 4 is 33.3 Å². The standard InChI is InChI=1S/C19H17BrN4O/c1-13-10-16(20)2-3-17(13)24-18-11-15(6-9-22-18)19(25)23-12-14-4-7-21-8-5-14/h2-11H,12H2,1H3,(H,22,24)(H,23,25). The molecule has 0 atom stereocenters. The summed E-state index contributed by atoms with van der Waals surface area (Å²) in [7, 11) is 0. The van der Waals surface area contributed by atoms with Crippen molar-refractivity contribution in [2.75, 3.05) is 5.32 Å². The van der Waals surface area contributed by atoms with Gasteiger partial charge < -0.3 is 10.6 Å². The zero-order valence-corrected chi connectivity index (χ0v) is 15.2. The molecule has 2 N–H and O–H groups in total. The van der Waals surface area contributed by atoms with Crippen LogP contribution in [-0.2, 0) is 6.54 Å². The summed E-state index contributed by atoms with van der Waals surface area (Å²) >= 11 is 3.45. The van der Waals surface area contributed by atoms with Crippen molar-refractivity contribution in [3.05, 3.63) is 82.2 Å². The van der Waals surface area contributed by atoms with Gasteiger partial charge in [-0.1, -0.05) is 15.9 Å². The summed E-state index contributed by atoms with van der Waals surface area (Å²) in [6.07, 6.45) is 5.03. The van der Waals surface area contributed by atoms with Crippen LogP contribution >= 0.6 is 15.9 Å². The molecule has 25 heavy (non-hydrogen) atoms. The Hall–Kier alpha value is -2.73. The maximum Gasteiger partial charge on any atom is 0.251 e. The van der Waals surface area contributed by atoms with E-state index in [0.29, 0.717) is 17.9 Å². The fourth-order valence-electron chi connectivity index (χ4n) is 2.33. The number of benzene rings is 1. The molecule has 0 aliphatic heterocycles. The third-order valence-corrected chi connectivity index (χ3v) is 4.17. The number of amides is 1. The van der Waals surface area contributed by atoms with Crippen molar-refractivity contribution in [3.8, 4) is 0 Å². The molecular formula is C19H17BrN4O. The molecule has 2 heterocycles. The molecule has 3 aromatic rings. The normalized spacial score (nSPS) is 10.3. The first-order valence-corrected chi connectivity index (χ1v) is 8.57. The first-order chi connectivity index (χ1) is 12.1. The van der Waals surface area contributed by atoms with Crippen LogP contribution < -0.4 is 10.6 Å². The molecule has 0 aliphatic rings. The number of nitrogens with one attached hydrogen (secondary N) is 2. The van der Waals surface area contributed by atoms with Gasteiger partial charge in [0.05, 0.1) is 0 Å². The quantitative estimate of drug-likeness (QED) is 0.677. The number of rotatable bonds is 5. The highest BCUT2D eigenvalue weighted by atomic mass is 79.9. The lowest BCUT2D eigenvalue weighted by atomic mass is 10.2. The van der Waals surface area contributed by atoms with Gasteiger partial charge in [0, 0.05) is 40.9 Å². The van der Waals surface area contributed by atoms with Gasteiger partial charge in [-0.05, 0) is 60.5 Å². The second kappa shape index (κ2) is 7.90. The molecule has 0 aliphatic carbocycles. The number of pyridine rings is 2. The minimum Gasteiger partial charge on any atom is -0.348 e. The largest absolute Gasteiger partial charge is 0.348 e. The Bertz CT molecular complexity index is 884. The van der Waals surface area contributed by atoms with Crippen LogP contribution in [0.5, 0.6) is 0 Å². The summed E-state index contributed by atoms with van der Waals surface area (Å²) in [6, 6.07) is 13.1. The van der Waals surface area contributed by atoms with Crippen molar-refractivity contribution < 1.29 is 4.79 Å². The molecule has 6 heteroatoms. The summed E-state index contributed by atoms with van der Waals surface area (Å²) in [5, 5.41) is 6.14. The van der Waals surface area contributed by atoms with Crippen molar-refractivity contribution in [2.24, 2.45) is 0 Å². The van der Waals surface area contributed by atoms with Crippen LogP contribution in [0.3, 0.4) is 0 Å². The molecule has 5 nitrogen and oxygen atoms in total. The van der Waals surface area contributed by atoms with Gasteiger partial charge in [-0.3, -0.25) is 9.78 Å². The van der Waals surface area contributed by atoms with E-state index in [0.717, 1.165) is 21.3 Å². The van der Waals surface area contributed by atoms with Gasteiger partial charge in [0.25, 0.3) is 5.91 Å². The Morgan fingerprint density at radius 2 is 1.88 bits per heavy atom. The molecule has 3 rings (SSSR count). The highest BCUT2D eigenvalue weighted by molar-refractivity contribution is 9.10. The van der Waals surface area contributed by atoms with E-state index in [2.05, 4.69) is 36.5 Å². The van der Waals surface area contributed by atoms with E-state index in [1.807, 2.05) is 37.3 Å². The monoisotopic (exact) mass is 396 g/mol. The molecule has 0 fully saturated rings. The maximum absolute atomic E-state index is 12.3. The predicted molar refractivity (Wildman–Crippen MR) is 102 cm³/mol. The Morgan fingerprint density at radius 1 is 1.08 bits per heavy atom. The van der Waals surface area contributed by atoms with Gasteiger partial charge in [-0.15, -0.1) is 0 Å². The van der Waals surface area contributed by atoms with Crippen LogP contribution in [0.1, 0.15) is 21.5 Å². The van der Waals surface area contributed by atoms with E-state index >= 15 is 0 Å². The summed E-state index contributed by atoms with van der Waals surface area (Å²) in [5.41, 5.74) is 3.59. The molecule has 0 saturated heterocycles. The molecule has 1 aromatic carbocycles. The molecule has 2 aromatic heterocycles. The average molecular weight is 397 g/mol. The highest BCUT2D eigenvalue weighted by Crippen LogP contribution is 2.23. The highest BCUT2D eigenvalue weighted by Gasteiger charge is 2.08. The molecule has 0 saturated carbocycles. The average Bonchev–Trinajstić information content (AvgIpc) is 2.63. The number of nitrogens with zero attached hydrogens (tertiary/aromatic N) is 2. The lowest BCUT2D eigenvalue weighted by Gasteiger charge is -2.10. The third kappa shape index (κ3) is 4.64. The zero-order chi connectivity index (χ0) is 17.6. The SMILES string of the molecule is Cc1cc(Br)ccc1Nc1cc(C(=O)NCc2ccncc2)ccn1. The van der Waals surface area contributed by atoms with Gasteiger partial charge in [0.15, 0.2) is 0 Å². The lowest BCUT2D eigenvalue weighted by Crippen LogP contribution is -2.22. The van der Waals surface area contributed by atoms with E-state index in [9.17, 15) is 4.79 Å². The van der Waals surface area contributed by atoms with Gasteiger partial charge in [-0.25, -0.2) is 4.98 Å². The summed E-state index contributed by atoms with van der Waals surface area (Å²) in [4.78, 5) is 20.6. The summed E-state index contributed by atoms with van der Waals surface area (Å²) in [6.45, 7) is 2.47. The van der Waals surface area contributed by atoms with Crippen LogP contribution in [0.4, 0.5) is 11.5 Å². The molecule has 0 unspecified atom stereocenters. The fourth-order valence-corrected chi connectivity index (χ4v) is 2.81. The first kappa shape index (κ1) is 17.1. The Balaban J connectivity index is 1.69. The van der Waals surface area contributed by atoms with Crippen molar-refractivity contribution in [1.29, 1.82) is 0 Å². The van der Waals surface area contributed by atoms with E-state index in [1.54, 1.807) is 30.7 Å². The van der Waals surface area contributed by atoms with Crippen LogP contribution in [0, 0.1) is 6.92 Å². The number of anilines is 2. The van der Waals surface area contributed by atoms with Crippen molar-refractivity contribution in [2.45, 2.75) is 13.5 Å². The van der Waals surface area contributed by atoms with E-state index in [4.69, 9.17) is 0 Å². The maximum atomic E-state index is 12.3. The third-order valence-electron chi connectivity index (χ3n) is 3.68. The van der Waals surface area contributed by atoms with Gasteiger partial charge in [0.2, 0.25) is 0 Å². The van der Waals surface area contributed by atoms with Crippen molar-refractivity contribution in [1.82, 2.24) is 15.3 Å². The van der Waals surface area contributed by atoms with Crippen LogP contribution in [-0.4, -0.2) is 15.9 Å². The molecule has 0 spiro atoms. The van der Waals surface area contributed by atoms with Gasteiger partial charge in [0.1, 0.15) is 5.82 Å². The second-order valence-corrected chi connectivity index (χ2v) is 6.47. The Labute approximate surface area is 154 Å². The number of hydrogen-bond donors (Lipinski definition) is 2. The van der Waals surface area contributed by atoms with E-state index < -0.39 is 0 Å². The first-order valence-electron chi connectivity index (χ1n) is 7.78. The van der Waals surface area contributed by atoms with E-state index in [-0.39, 0.29) is 5.91 Å². The van der Waals surface area contributed by atoms with Crippen molar-refractivity contribution in [3.63, 3.8) is 0 Å². The molecule has 126 valence electrons. The second-order valence-electron chi connectivity index (χ2n) is 5.55. The predicted octanol–water partition coefficient (Wildman–Crippen LogP) is 4.22. The Morgan fingerprint density at radius 3 is 2.64 bits per heavy atom. The van der Waals surface area contributed by atoms with Crippen LogP contribution in [0.15, 0.2) is 65.5 Å². The van der Waals surface area contributed by atoms with Crippen LogP contribution in [0.2, 0.25) is 0 Å². The van der Waals surface area contributed by atoms with Gasteiger partial charge in [-0.2, -0.15) is 0 Å². The lowest BCUT2D eigenvalue weighted by molar-refractivity contribution is 0.0951. The minimum atomic E-state index is -0.144. The van der Waals surface area contributed by atoms with E-state index in [1.165, 1.54) is 0 Å². The topological polar surface area (TPSA) is 66.9 Å². The molecular weight excluding hydrogens is 380 g/mol. The molecule has 0 bridgehead atoms.